The van der Waals surface area contributed by atoms with Crippen LogP contribution in [0.25, 0.3) is 0 Å². The van der Waals surface area contributed by atoms with Crippen molar-refractivity contribution in [3.05, 3.63) is 0 Å². The maximum atomic E-state index is 10.5. The fraction of sp³-hybridized carbons (Fsp3) is 0.750. The van der Waals surface area contributed by atoms with Crippen LogP contribution in [0.1, 0.15) is 62.3 Å². The number of hydrogen-bond donors (Lipinski definition) is 1. The lowest BCUT2D eigenvalue weighted by Crippen LogP contribution is -2.27. The van der Waals surface area contributed by atoms with Gasteiger partial charge >= 0.3 is 5.97 Å². The summed E-state index contributed by atoms with van der Waals surface area (Å²) in [7, 11) is 4.02. The van der Waals surface area contributed by atoms with Crippen LogP contribution >= 0.6 is 0 Å². The Hall–Kier alpha value is -1.97. The highest BCUT2D eigenvalue weighted by Crippen LogP contribution is 2.12. The summed E-state index contributed by atoms with van der Waals surface area (Å²) < 4.78 is 13.2. The van der Waals surface area contributed by atoms with E-state index in [1.165, 1.54) is 49.0 Å². The maximum absolute atomic E-state index is 10.5. The molecule has 9 nitrogen and oxygen atoms in total. The van der Waals surface area contributed by atoms with Crippen LogP contribution in [0.2, 0.25) is 0 Å². The van der Waals surface area contributed by atoms with Crippen molar-refractivity contribution in [2.45, 2.75) is 74.2 Å². The molecule has 0 rings (SSSR count). The highest BCUT2D eigenvalue weighted by Gasteiger charge is 2.17. The maximum Gasteiger partial charge on any atom is 0.374 e. The van der Waals surface area contributed by atoms with E-state index < -0.39 is 23.6 Å². The largest absolute Gasteiger partial charge is 0.463 e. The van der Waals surface area contributed by atoms with Crippen LogP contribution in [0.4, 0.5) is 0 Å². The van der Waals surface area contributed by atoms with Gasteiger partial charge in [-0.2, -0.15) is 0 Å². The van der Waals surface area contributed by atoms with Gasteiger partial charge in [0.1, 0.15) is 11.4 Å². The van der Waals surface area contributed by atoms with E-state index >= 15 is 0 Å². The SMILES string of the molecule is CC(=O)C(C)(C)C.CC(=O)C(C)(C)O.COC(=O)C(C)=O.COC(OC)C(C)=O. The number of methoxy groups -OCH3 is 3. The molecule has 0 aromatic heterocycles. The van der Waals surface area contributed by atoms with E-state index in [1.807, 2.05) is 20.8 Å². The second-order valence-electron chi connectivity index (χ2n) is 7.38. The molecule has 0 radical (unpaired) electrons. The zero-order valence-electron chi connectivity index (χ0n) is 19.8. The van der Waals surface area contributed by atoms with Crippen LogP contribution in [0.15, 0.2) is 0 Å². The summed E-state index contributed by atoms with van der Waals surface area (Å²) in [5, 5.41) is 8.75. The number of carbonyl (C=O) groups is 5. The molecule has 0 unspecified atom stereocenters. The van der Waals surface area contributed by atoms with E-state index in [2.05, 4.69) is 14.2 Å². The molecule has 0 heterocycles. The number of ether oxygens (including phenoxy) is 3. The highest BCUT2D eigenvalue weighted by atomic mass is 16.7. The van der Waals surface area contributed by atoms with Gasteiger partial charge in [-0.05, 0) is 34.6 Å². The standard InChI is InChI=1S/C6H12O.C5H10O3.C5H10O2.C4H6O3/c1-5(7)6(2,3)4;1-4(6)5(7-2)8-3;1-4(6)5(2,3)7;1-3(5)4(6)7-2/h1-4H3;5H,1-3H3;7H,1-3H3;1-2H3. The molecule has 0 aliphatic heterocycles. The molecular formula is C20H38O9. The van der Waals surface area contributed by atoms with Crippen LogP contribution in [0.3, 0.4) is 0 Å². The van der Waals surface area contributed by atoms with Gasteiger partial charge in [0.15, 0.2) is 11.6 Å². The first-order valence-corrected chi connectivity index (χ1v) is 8.68. The first-order valence-electron chi connectivity index (χ1n) is 8.68. The summed E-state index contributed by atoms with van der Waals surface area (Å²) >= 11 is 0. The van der Waals surface area contributed by atoms with Gasteiger partial charge < -0.3 is 19.3 Å². The highest BCUT2D eigenvalue weighted by molar-refractivity contribution is 6.32. The number of rotatable bonds is 5. The first-order chi connectivity index (χ1) is 12.8. The van der Waals surface area contributed by atoms with Crippen molar-refractivity contribution in [1.82, 2.24) is 0 Å². The Morgan fingerprint density at radius 1 is 0.724 bits per heavy atom. The van der Waals surface area contributed by atoms with Crippen molar-refractivity contribution in [2.75, 3.05) is 21.3 Å². The van der Waals surface area contributed by atoms with Crippen molar-refractivity contribution < 1.29 is 43.3 Å². The summed E-state index contributed by atoms with van der Waals surface area (Å²) in [4.78, 5) is 50.9. The lowest BCUT2D eigenvalue weighted by atomic mass is 9.92. The second-order valence-corrected chi connectivity index (χ2v) is 7.38. The molecule has 0 spiro atoms. The first kappa shape index (κ1) is 34.5. The lowest BCUT2D eigenvalue weighted by molar-refractivity contribution is -0.154. The van der Waals surface area contributed by atoms with Crippen molar-refractivity contribution in [3.63, 3.8) is 0 Å². The molecule has 0 saturated carbocycles. The lowest BCUT2D eigenvalue weighted by Gasteiger charge is -2.11. The van der Waals surface area contributed by atoms with Crippen LogP contribution < -0.4 is 0 Å². The topological polar surface area (TPSA) is 133 Å². The molecule has 9 heteroatoms. The van der Waals surface area contributed by atoms with E-state index in [-0.39, 0.29) is 22.8 Å². The molecule has 0 bridgehead atoms. The van der Waals surface area contributed by atoms with E-state index in [9.17, 15) is 24.0 Å². The van der Waals surface area contributed by atoms with E-state index in [4.69, 9.17) is 5.11 Å². The smallest absolute Gasteiger partial charge is 0.374 e. The number of hydrogen-bond acceptors (Lipinski definition) is 9. The predicted molar refractivity (Wildman–Crippen MR) is 108 cm³/mol. The van der Waals surface area contributed by atoms with Crippen LogP contribution in [0.5, 0.6) is 0 Å². The van der Waals surface area contributed by atoms with Gasteiger partial charge in [-0.3, -0.25) is 19.2 Å². The summed E-state index contributed by atoms with van der Waals surface area (Å²) in [5.41, 5.74) is -1.28. The van der Waals surface area contributed by atoms with Crippen LogP contribution in [-0.4, -0.2) is 67.4 Å². The van der Waals surface area contributed by atoms with E-state index in [0.29, 0.717) is 0 Å². The molecule has 0 aromatic rings. The Morgan fingerprint density at radius 2 is 1.00 bits per heavy atom. The second kappa shape index (κ2) is 16.9. The Labute approximate surface area is 174 Å². The van der Waals surface area contributed by atoms with Gasteiger partial charge in [-0.15, -0.1) is 0 Å². The minimum Gasteiger partial charge on any atom is -0.463 e. The Kier molecular flexibility index (Phi) is 20.2. The fourth-order valence-electron chi connectivity index (χ4n) is 0.572. The van der Waals surface area contributed by atoms with Crippen molar-refractivity contribution in [2.24, 2.45) is 5.41 Å². The van der Waals surface area contributed by atoms with Gasteiger partial charge in [0, 0.05) is 26.6 Å². The van der Waals surface area contributed by atoms with Crippen molar-refractivity contribution in [3.8, 4) is 0 Å². The molecule has 0 aliphatic rings. The fourth-order valence-corrected chi connectivity index (χ4v) is 0.572. The number of esters is 1. The molecule has 0 aromatic carbocycles. The molecule has 0 fully saturated rings. The monoisotopic (exact) mass is 422 g/mol. The summed E-state index contributed by atoms with van der Waals surface area (Å²) in [6, 6.07) is 0. The van der Waals surface area contributed by atoms with Gasteiger partial charge in [-0.1, -0.05) is 20.8 Å². The average molecular weight is 423 g/mol. The third kappa shape index (κ3) is 26.0. The van der Waals surface area contributed by atoms with Gasteiger partial charge in [-0.25, -0.2) is 4.79 Å². The average Bonchev–Trinajstić information content (AvgIpc) is 2.54. The van der Waals surface area contributed by atoms with Crippen molar-refractivity contribution in [1.29, 1.82) is 0 Å². The molecule has 0 amide bonds. The van der Waals surface area contributed by atoms with E-state index in [0.717, 1.165) is 6.92 Å². The number of Topliss-reactive ketones (excluding diaryl/α,β-unsaturated/α-hetero) is 4. The Balaban J connectivity index is -0.000000144. The summed E-state index contributed by atoms with van der Waals surface area (Å²) in [6.07, 6.45) is -0.685. The third-order valence-electron chi connectivity index (χ3n) is 3.15. The Bertz CT molecular complexity index is 495. The molecule has 1 N–H and O–H groups in total. The molecule has 0 aliphatic carbocycles. The van der Waals surface area contributed by atoms with E-state index in [1.54, 1.807) is 6.92 Å². The predicted octanol–water partition coefficient (Wildman–Crippen LogP) is 1.91. The van der Waals surface area contributed by atoms with Gasteiger partial charge in [0.25, 0.3) is 0 Å². The number of aliphatic hydroxyl groups is 1. The number of ketones is 4. The Morgan fingerprint density at radius 3 is 1.00 bits per heavy atom. The molecular weight excluding hydrogens is 384 g/mol. The molecule has 172 valence electrons. The summed E-state index contributed by atoms with van der Waals surface area (Å²) in [5.74, 6) is -1.43. The molecule has 29 heavy (non-hydrogen) atoms. The van der Waals surface area contributed by atoms with Crippen LogP contribution in [-0.2, 0) is 38.2 Å². The van der Waals surface area contributed by atoms with Crippen LogP contribution in [0, 0.1) is 5.41 Å². The zero-order chi connectivity index (χ0) is 24.6. The molecule has 0 saturated heterocycles. The van der Waals surface area contributed by atoms with Gasteiger partial charge in [0.2, 0.25) is 12.1 Å². The van der Waals surface area contributed by atoms with Gasteiger partial charge in [0.05, 0.1) is 7.11 Å². The number of carbonyl (C=O) groups excluding carboxylic acids is 5. The minimum atomic E-state index is -1.14. The quantitative estimate of drug-likeness (QED) is 0.400. The zero-order valence-corrected chi connectivity index (χ0v) is 19.8. The normalized spacial score (nSPS) is 10.1. The minimum absolute atomic E-state index is 0.116. The molecule has 0 atom stereocenters. The van der Waals surface area contributed by atoms with Crippen molar-refractivity contribution >= 4 is 29.1 Å². The summed E-state index contributed by atoms with van der Waals surface area (Å²) in [6.45, 7) is 14.2. The third-order valence-corrected chi connectivity index (χ3v) is 3.15.